The Hall–Kier alpha value is -1.36. The molecule has 0 aromatic carbocycles. The molecule has 6 heteroatoms. The second kappa shape index (κ2) is 4.96. The summed E-state index contributed by atoms with van der Waals surface area (Å²) in [4.78, 5) is 6.41. The van der Waals surface area contributed by atoms with Crippen LogP contribution in [0.2, 0.25) is 5.15 Å². The minimum absolute atomic E-state index is 0.402. The molecule has 3 rings (SSSR count). The van der Waals surface area contributed by atoms with Gasteiger partial charge < -0.3 is 4.90 Å². The van der Waals surface area contributed by atoms with Gasteiger partial charge in [-0.2, -0.15) is 0 Å². The molecule has 0 saturated carbocycles. The minimum Gasteiger partial charge on any atom is -0.337 e. The van der Waals surface area contributed by atoms with Gasteiger partial charge >= 0.3 is 0 Å². The summed E-state index contributed by atoms with van der Waals surface area (Å²) in [5, 5.41) is 8.89. The second-order valence-electron chi connectivity index (χ2n) is 5.41. The van der Waals surface area contributed by atoms with Crippen molar-refractivity contribution < 1.29 is 0 Å². The topological polar surface area (TPSA) is 46.3 Å². The molecule has 102 valence electrons. The van der Waals surface area contributed by atoms with Crippen molar-refractivity contribution in [3.63, 3.8) is 0 Å². The number of rotatable bonds is 2. The predicted molar refractivity (Wildman–Crippen MR) is 75.6 cm³/mol. The lowest BCUT2D eigenvalue weighted by molar-refractivity contribution is 0.369. The molecule has 0 spiro atoms. The molecule has 5 nitrogen and oxygen atoms in total. The van der Waals surface area contributed by atoms with Crippen molar-refractivity contribution in [2.75, 3.05) is 11.4 Å². The van der Waals surface area contributed by atoms with E-state index in [1.54, 1.807) is 6.20 Å². The van der Waals surface area contributed by atoms with Crippen molar-refractivity contribution in [2.45, 2.75) is 39.2 Å². The van der Waals surface area contributed by atoms with Gasteiger partial charge in [0.15, 0.2) is 10.8 Å². The van der Waals surface area contributed by atoms with Gasteiger partial charge in [-0.15, -0.1) is 10.2 Å². The Morgan fingerprint density at radius 3 is 2.95 bits per heavy atom. The van der Waals surface area contributed by atoms with E-state index in [9.17, 15) is 0 Å². The summed E-state index contributed by atoms with van der Waals surface area (Å²) < 4.78 is 1.94. The Kier molecular flexibility index (Phi) is 3.31. The number of hydrogen-bond donors (Lipinski definition) is 0. The van der Waals surface area contributed by atoms with E-state index in [-0.39, 0.29) is 0 Å². The fourth-order valence-corrected chi connectivity index (χ4v) is 3.06. The zero-order valence-corrected chi connectivity index (χ0v) is 12.0. The Morgan fingerprint density at radius 2 is 2.16 bits per heavy atom. The van der Waals surface area contributed by atoms with Crippen LogP contribution in [0.25, 0.3) is 5.65 Å². The van der Waals surface area contributed by atoms with E-state index in [1.165, 1.54) is 19.3 Å². The Balaban J connectivity index is 2.05. The lowest BCUT2D eigenvalue weighted by atomic mass is 9.93. The molecule has 1 atom stereocenters. The fourth-order valence-electron chi connectivity index (χ4n) is 2.88. The fraction of sp³-hybridized carbons (Fsp3) is 0.615. The molecule has 0 radical (unpaired) electrons. The molecule has 1 aliphatic heterocycles. The van der Waals surface area contributed by atoms with E-state index in [2.05, 4.69) is 33.9 Å². The average Bonchev–Trinajstić information content (AvgIpc) is 2.84. The maximum absolute atomic E-state index is 6.06. The molecule has 1 unspecified atom stereocenters. The van der Waals surface area contributed by atoms with Crippen LogP contribution in [0, 0.1) is 5.92 Å². The molecule has 0 bridgehead atoms. The first-order valence-corrected chi connectivity index (χ1v) is 7.18. The zero-order chi connectivity index (χ0) is 13.4. The molecule has 0 amide bonds. The first-order chi connectivity index (χ1) is 9.18. The van der Waals surface area contributed by atoms with E-state index in [0.717, 1.165) is 12.5 Å². The summed E-state index contributed by atoms with van der Waals surface area (Å²) in [5.41, 5.74) is 0.632. The van der Waals surface area contributed by atoms with Crippen LogP contribution in [0.4, 0.5) is 5.95 Å². The van der Waals surface area contributed by atoms with Crippen LogP contribution in [0.15, 0.2) is 12.4 Å². The number of aromatic nitrogens is 4. The van der Waals surface area contributed by atoms with Crippen molar-refractivity contribution in [3.05, 3.63) is 17.5 Å². The third-order valence-corrected chi connectivity index (χ3v) is 4.11. The smallest absolute Gasteiger partial charge is 0.232 e. The van der Waals surface area contributed by atoms with Gasteiger partial charge in [0.1, 0.15) is 0 Å². The summed E-state index contributed by atoms with van der Waals surface area (Å²) in [6.07, 6.45) is 7.28. The first-order valence-electron chi connectivity index (χ1n) is 6.80. The van der Waals surface area contributed by atoms with Crippen LogP contribution in [0.5, 0.6) is 0 Å². The van der Waals surface area contributed by atoms with Gasteiger partial charge in [0, 0.05) is 25.0 Å². The van der Waals surface area contributed by atoms with Gasteiger partial charge in [0.25, 0.3) is 0 Å². The lowest BCUT2D eigenvalue weighted by Crippen LogP contribution is -2.43. The summed E-state index contributed by atoms with van der Waals surface area (Å²) >= 11 is 6.06. The largest absolute Gasteiger partial charge is 0.337 e. The van der Waals surface area contributed by atoms with Crippen LogP contribution in [-0.4, -0.2) is 32.2 Å². The number of halogens is 1. The van der Waals surface area contributed by atoms with E-state index in [4.69, 9.17) is 11.6 Å². The molecule has 2 aromatic rings. The molecule has 2 aromatic heterocycles. The Bertz CT molecular complexity index is 579. The standard InChI is InChI=1S/C13H18ClN5/c1-9(2)10-5-3-4-7-18(10)13-17-16-12-11(14)15-6-8-19(12)13/h6,8-10H,3-5,7H2,1-2H3. The molecular weight excluding hydrogens is 262 g/mol. The quantitative estimate of drug-likeness (QED) is 0.848. The van der Waals surface area contributed by atoms with E-state index in [0.29, 0.717) is 22.8 Å². The number of fused-ring (bicyclic) bond motifs is 1. The molecule has 1 aliphatic rings. The highest BCUT2D eigenvalue weighted by Crippen LogP contribution is 2.28. The molecule has 19 heavy (non-hydrogen) atoms. The molecule has 3 heterocycles. The Labute approximate surface area is 117 Å². The molecule has 0 N–H and O–H groups in total. The van der Waals surface area contributed by atoms with Gasteiger partial charge in [-0.3, -0.25) is 4.40 Å². The van der Waals surface area contributed by atoms with Crippen molar-refractivity contribution in [1.29, 1.82) is 0 Å². The van der Waals surface area contributed by atoms with Crippen molar-refractivity contribution >= 4 is 23.2 Å². The minimum atomic E-state index is 0.402. The number of piperidine rings is 1. The van der Waals surface area contributed by atoms with Crippen molar-refractivity contribution in [2.24, 2.45) is 5.92 Å². The summed E-state index contributed by atoms with van der Waals surface area (Å²) in [6, 6.07) is 0.521. The maximum Gasteiger partial charge on any atom is 0.232 e. The normalized spacial score (nSPS) is 20.4. The van der Waals surface area contributed by atoms with E-state index >= 15 is 0 Å². The third kappa shape index (κ3) is 2.16. The van der Waals surface area contributed by atoms with Gasteiger partial charge in [-0.25, -0.2) is 4.98 Å². The number of nitrogens with zero attached hydrogens (tertiary/aromatic N) is 5. The van der Waals surface area contributed by atoms with Crippen molar-refractivity contribution in [3.8, 4) is 0 Å². The SMILES string of the molecule is CC(C)C1CCCCN1c1nnc2c(Cl)nccn12. The van der Waals surface area contributed by atoms with Crippen molar-refractivity contribution in [1.82, 2.24) is 19.6 Å². The van der Waals surface area contributed by atoms with Gasteiger partial charge in [-0.05, 0) is 25.2 Å². The molecule has 1 saturated heterocycles. The second-order valence-corrected chi connectivity index (χ2v) is 5.77. The zero-order valence-electron chi connectivity index (χ0n) is 11.3. The third-order valence-electron chi connectivity index (χ3n) is 3.84. The monoisotopic (exact) mass is 279 g/mol. The van der Waals surface area contributed by atoms with Gasteiger partial charge in [0.05, 0.1) is 0 Å². The highest BCUT2D eigenvalue weighted by atomic mass is 35.5. The van der Waals surface area contributed by atoms with Crippen LogP contribution < -0.4 is 4.90 Å². The molecular formula is C13H18ClN5. The first kappa shape index (κ1) is 12.7. The lowest BCUT2D eigenvalue weighted by Gasteiger charge is -2.38. The van der Waals surface area contributed by atoms with Crippen LogP contribution in [0.3, 0.4) is 0 Å². The van der Waals surface area contributed by atoms with E-state index in [1.807, 2.05) is 10.6 Å². The molecule has 1 fully saturated rings. The summed E-state index contributed by atoms with van der Waals surface area (Å²) in [6.45, 7) is 5.56. The highest BCUT2D eigenvalue weighted by molar-refractivity contribution is 6.32. The maximum atomic E-state index is 6.06. The summed E-state index contributed by atoms with van der Waals surface area (Å²) in [5.74, 6) is 1.49. The predicted octanol–water partition coefficient (Wildman–Crippen LogP) is 2.79. The Morgan fingerprint density at radius 1 is 1.32 bits per heavy atom. The van der Waals surface area contributed by atoms with E-state index < -0.39 is 0 Å². The van der Waals surface area contributed by atoms with Gasteiger partial charge in [0.2, 0.25) is 5.95 Å². The summed E-state index contributed by atoms with van der Waals surface area (Å²) in [7, 11) is 0. The number of hydrogen-bond acceptors (Lipinski definition) is 4. The van der Waals surface area contributed by atoms with Crippen LogP contribution >= 0.6 is 11.6 Å². The highest BCUT2D eigenvalue weighted by Gasteiger charge is 2.28. The number of anilines is 1. The van der Waals surface area contributed by atoms with Crippen LogP contribution in [-0.2, 0) is 0 Å². The molecule has 0 aliphatic carbocycles. The van der Waals surface area contributed by atoms with Gasteiger partial charge in [-0.1, -0.05) is 25.4 Å². The van der Waals surface area contributed by atoms with Crippen LogP contribution in [0.1, 0.15) is 33.1 Å². The average molecular weight is 280 g/mol.